The lowest BCUT2D eigenvalue weighted by molar-refractivity contribution is 1.57. The molecule has 0 heterocycles. The van der Waals surface area contributed by atoms with Crippen molar-refractivity contribution in [3.8, 4) is 0 Å². The van der Waals surface area contributed by atoms with Crippen LogP contribution in [0, 0.1) is 0 Å². The second kappa shape index (κ2) is 5.78. The Morgan fingerprint density at radius 3 is 1.64 bits per heavy atom. The fraction of sp³-hybridized carbons (Fsp3) is 0.200. The van der Waals surface area contributed by atoms with Crippen molar-refractivity contribution in [2.45, 2.75) is 13.8 Å². The van der Waals surface area contributed by atoms with E-state index < -0.39 is 0 Å². The maximum Gasteiger partial charge on any atom is 0.171 e. The molecule has 57 valence electrons. The first-order chi connectivity index (χ1) is 5.13. The van der Waals surface area contributed by atoms with Gasteiger partial charge in [-0.3, -0.25) is 0 Å². The molecule has 0 aliphatic rings. The van der Waals surface area contributed by atoms with Gasteiger partial charge in [-0.05, 0) is 13.8 Å². The van der Waals surface area contributed by atoms with Crippen molar-refractivity contribution in [1.82, 2.24) is 0 Å². The number of allylic oxidation sites excluding steroid dienone is 4. The molecule has 0 saturated heterocycles. The summed E-state index contributed by atoms with van der Waals surface area (Å²) in [5.41, 5.74) is 2.12. The highest BCUT2D eigenvalue weighted by molar-refractivity contribution is 6.48. The van der Waals surface area contributed by atoms with Crippen LogP contribution in [0.1, 0.15) is 13.8 Å². The highest BCUT2D eigenvalue weighted by Crippen LogP contribution is 1.90. The largest absolute Gasteiger partial charge is 0.171 e. The summed E-state index contributed by atoms with van der Waals surface area (Å²) in [6, 6.07) is 0. The molecule has 0 amide bonds. The van der Waals surface area contributed by atoms with Crippen LogP contribution in [0.25, 0.3) is 0 Å². The van der Waals surface area contributed by atoms with E-state index >= 15 is 0 Å². The van der Waals surface area contributed by atoms with Gasteiger partial charge in [-0.25, -0.2) is 0 Å². The summed E-state index contributed by atoms with van der Waals surface area (Å²) < 4.78 is 0. The van der Waals surface area contributed by atoms with Crippen molar-refractivity contribution in [2.24, 2.45) is 0 Å². The van der Waals surface area contributed by atoms with Crippen molar-refractivity contribution in [3.05, 3.63) is 48.4 Å². The van der Waals surface area contributed by atoms with E-state index in [1.54, 1.807) is 0 Å². The maximum atomic E-state index is 3.74. The SMILES string of the molecule is C=C(C)C=C[B]C=CC(=C)C. The van der Waals surface area contributed by atoms with E-state index in [-0.39, 0.29) is 0 Å². The van der Waals surface area contributed by atoms with Crippen LogP contribution in [-0.4, -0.2) is 7.28 Å². The molecule has 1 radical (unpaired) electrons. The predicted octanol–water partition coefficient (Wildman–Crippen LogP) is 2.87. The van der Waals surface area contributed by atoms with Gasteiger partial charge in [-0.2, -0.15) is 0 Å². The highest BCUT2D eigenvalue weighted by Gasteiger charge is 1.76. The lowest BCUT2D eigenvalue weighted by atomic mass is 9.77. The molecule has 0 aliphatic carbocycles. The molecule has 0 saturated carbocycles. The zero-order chi connectivity index (χ0) is 8.69. The summed E-state index contributed by atoms with van der Waals surface area (Å²) in [5.74, 6) is 3.92. The molecule has 0 aromatic rings. The zero-order valence-electron chi connectivity index (χ0n) is 7.30. The van der Waals surface area contributed by atoms with Gasteiger partial charge in [0, 0.05) is 0 Å². The van der Waals surface area contributed by atoms with E-state index in [2.05, 4.69) is 13.2 Å². The van der Waals surface area contributed by atoms with Gasteiger partial charge in [-0.15, -0.1) is 12.0 Å². The molecular weight excluding hydrogens is 131 g/mol. The summed E-state index contributed by atoms with van der Waals surface area (Å²) in [4.78, 5) is 0. The lowest BCUT2D eigenvalue weighted by Crippen LogP contribution is -1.77. The van der Waals surface area contributed by atoms with Crippen molar-refractivity contribution in [3.63, 3.8) is 0 Å². The van der Waals surface area contributed by atoms with Crippen molar-refractivity contribution in [2.75, 3.05) is 0 Å². The minimum Gasteiger partial charge on any atom is -0.117 e. The Bertz CT molecular complexity index is 175. The fourth-order valence-electron chi connectivity index (χ4n) is 0.504. The first kappa shape index (κ1) is 10.0. The summed E-state index contributed by atoms with van der Waals surface area (Å²) in [5, 5.41) is 0. The molecule has 0 bridgehead atoms. The maximum absolute atomic E-state index is 3.74. The lowest BCUT2D eigenvalue weighted by Gasteiger charge is -1.84. The highest BCUT2D eigenvalue weighted by atomic mass is 13.7. The molecule has 0 nitrogen and oxygen atoms in total. The fourth-order valence-corrected chi connectivity index (χ4v) is 0.504. The Labute approximate surface area is 70.3 Å². The zero-order valence-corrected chi connectivity index (χ0v) is 7.30. The molecule has 0 aromatic heterocycles. The van der Waals surface area contributed by atoms with Crippen LogP contribution >= 0.6 is 0 Å². The summed E-state index contributed by atoms with van der Waals surface area (Å²) in [6.07, 6.45) is 3.92. The van der Waals surface area contributed by atoms with Crippen LogP contribution in [0.4, 0.5) is 0 Å². The minimum atomic E-state index is 1.06. The van der Waals surface area contributed by atoms with Crippen LogP contribution in [0.3, 0.4) is 0 Å². The van der Waals surface area contributed by atoms with E-state index in [1.807, 2.05) is 45.2 Å². The molecule has 0 fully saturated rings. The summed E-state index contributed by atoms with van der Waals surface area (Å²) in [7, 11) is 1.96. The topological polar surface area (TPSA) is 0 Å². The van der Waals surface area contributed by atoms with Gasteiger partial charge in [0.05, 0.1) is 0 Å². The first-order valence-corrected chi connectivity index (χ1v) is 3.62. The second-order valence-electron chi connectivity index (χ2n) is 2.60. The molecule has 0 aromatic carbocycles. The smallest absolute Gasteiger partial charge is 0.117 e. The van der Waals surface area contributed by atoms with Gasteiger partial charge >= 0.3 is 0 Å². The molecule has 0 aliphatic heterocycles. The van der Waals surface area contributed by atoms with Gasteiger partial charge < -0.3 is 0 Å². The average Bonchev–Trinajstić information content (AvgIpc) is 1.85. The quantitative estimate of drug-likeness (QED) is 0.421. The molecule has 11 heavy (non-hydrogen) atoms. The van der Waals surface area contributed by atoms with Crippen LogP contribution in [-0.2, 0) is 0 Å². The van der Waals surface area contributed by atoms with E-state index in [4.69, 9.17) is 0 Å². The molecule has 0 unspecified atom stereocenters. The normalized spacial score (nSPS) is 10.7. The van der Waals surface area contributed by atoms with Crippen molar-refractivity contribution >= 4 is 7.28 Å². The molecular formula is C10H14B. The van der Waals surface area contributed by atoms with Crippen LogP contribution in [0.15, 0.2) is 48.4 Å². The van der Waals surface area contributed by atoms with Crippen LogP contribution in [0.5, 0.6) is 0 Å². The van der Waals surface area contributed by atoms with Crippen LogP contribution in [0.2, 0.25) is 0 Å². The van der Waals surface area contributed by atoms with Crippen molar-refractivity contribution < 1.29 is 0 Å². The molecule has 0 atom stereocenters. The van der Waals surface area contributed by atoms with Gasteiger partial charge in [0.1, 0.15) is 0 Å². The first-order valence-electron chi connectivity index (χ1n) is 3.62. The average molecular weight is 145 g/mol. The molecule has 0 N–H and O–H groups in total. The standard InChI is InChI=1S/C10H14B/c1-9(2)5-7-11-8-6-10(3)4/h5-8H,1,3H2,2,4H3. The Balaban J connectivity index is 3.57. The van der Waals surface area contributed by atoms with Crippen molar-refractivity contribution in [1.29, 1.82) is 0 Å². The summed E-state index contributed by atoms with van der Waals surface area (Å²) >= 11 is 0. The number of hydrogen-bond acceptors (Lipinski definition) is 0. The molecule has 0 rings (SSSR count). The minimum absolute atomic E-state index is 1.06. The van der Waals surface area contributed by atoms with Gasteiger partial charge in [0.2, 0.25) is 0 Å². The third kappa shape index (κ3) is 9.02. The van der Waals surface area contributed by atoms with Gasteiger partial charge in [0.25, 0.3) is 0 Å². The Morgan fingerprint density at radius 1 is 1.00 bits per heavy atom. The molecule has 1 heteroatoms. The predicted molar refractivity (Wildman–Crippen MR) is 53.7 cm³/mol. The van der Waals surface area contributed by atoms with E-state index in [9.17, 15) is 0 Å². The Hall–Kier alpha value is -0.975. The molecule has 0 spiro atoms. The third-order valence-electron chi connectivity index (χ3n) is 0.984. The van der Waals surface area contributed by atoms with Gasteiger partial charge in [0.15, 0.2) is 7.28 Å². The van der Waals surface area contributed by atoms with E-state index in [0.717, 1.165) is 11.1 Å². The van der Waals surface area contributed by atoms with Crippen LogP contribution < -0.4 is 0 Å². The van der Waals surface area contributed by atoms with Gasteiger partial charge in [-0.1, -0.05) is 36.5 Å². The number of hydrogen-bond donors (Lipinski definition) is 0. The third-order valence-corrected chi connectivity index (χ3v) is 0.984. The van der Waals surface area contributed by atoms with E-state index in [0.29, 0.717) is 0 Å². The monoisotopic (exact) mass is 145 g/mol. The Kier molecular flexibility index (Phi) is 5.27. The second-order valence-corrected chi connectivity index (χ2v) is 2.60. The summed E-state index contributed by atoms with van der Waals surface area (Å²) in [6.45, 7) is 11.4. The van der Waals surface area contributed by atoms with E-state index in [1.165, 1.54) is 0 Å². The number of rotatable bonds is 4. The Morgan fingerprint density at radius 2 is 1.36 bits per heavy atom.